The molecule has 0 aromatic heterocycles. The van der Waals surface area contributed by atoms with Crippen molar-refractivity contribution in [3.05, 3.63) is 0 Å². The molecule has 0 bridgehead atoms. The molecule has 0 atom stereocenters. The van der Waals surface area contributed by atoms with Crippen LogP contribution in [0, 0.1) is 0 Å². The van der Waals surface area contributed by atoms with Crippen molar-refractivity contribution in [1.29, 1.82) is 0 Å². The Labute approximate surface area is 220 Å². The molecule has 16 heavy (non-hydrogen) atoms. The van der Waals surface area contributed by atoms with E-state index in [1.807, 2.05) is 0 Å². The van der Waals surface area contributed by atoms with Crippen LogP contribution in [0.1, 0.15) is 0 Å². The fraction of sp³-hybridized carbons (Fsp3) is 0. The van der Waals surface area contributed by atoms with Crippen molar-refractivity contribution in [3.63, 3.8) is 0 Å². The number of halogens is 15. The molecule has 0 aliphatic rings. The van der Waals surface area contributed by atoms with E-state index in [2.05, 4.69) is 0 Å². The predicted molar refractivity (Wildman–Crippen MR) is 117 cm³/mol. The average Bonchev–Trinajstić information content (AvgIpc) is 0. The molecule has 0 saturated heterocycles. The van der Waals surface area contributed by atoms with Gasteiger partial charge in [-0.25, -0.2) is 0 Å². The van der Waals surface area contributed by atoms with Gasteiger partial charge in [-0.3, -0.25) is 0 Å². The Morgan fingerprint density at radius 2 is 0.125 bits per heavy atom. The van der Waals surface area contributed by atoms with E-state index in [0.717, 1.165) is 0 Å². The molecule has 0 amide bonds. The minimum atomic E-state index is 0. The summed E-state index contributed by atoms with van der Waals surface area (Å²) in [7, 11) is 0. The Hall–Kier alpha value is 5.61. The first-order chi connectivity index (χ1) is 0. The Morgan fingerprint density at radius 3 is 0.125 bits per heavy atom. The maximum atomic E-state index is 0. The molecule has 0 aliphatic carbocycles. The van der Waals surface area contributed by atoms with Crippen LogP contribution in [0.3, 0.4) is 0 Å². The van der Waals surface area contributed by atoms with E-state index in [4.69, 9.17) is 0 Å². The van der Waals surface area contributed by atoms with Crippen molar-refractivity contribution in [1.82, 2.24) is 0 Å². The van der Waals surface area contributed by atoms with Crippen molar-refractivity contribution in [3.8, 4) is 0 Å². The van der Waals surface area contributed by atoms with Gasteiger partial charge in [0.05, 0.1) is 0 Å². The van der Waals surface area contributed by atoms with E-state index in [9.17, 15) is 0 Å². The number of hydrogen-bond acceptors (Lipinski definition) is 0. The van der Waals surface area contributed by atoms with Crippen LogP contribution in [0.15, 0.2) is 0 Å². The minimum absolute atomic E-state index is 0. The summed E-state index contributed by atoms with van der Waals surface area (Å²) < 4.78 is 0. The summed E-state index contributed by atoms with van der Waals surface area (Å²) >= 11 is 0. The van der Waals surface area contributed by atoms with Crippen molar-refractivity contribution < 1.29 is 0 Å². The van der Waals surface area contributed by atoms with E-state index < -0.39 is 0 Å². The van der Waals surface area contributed by atoms with Gasteiger partial charge in [-0.15, -0.1) is 186 Å². The summed E-state index contributed by atoms with van der Waals surface area (Å²) in [5, 5.41) is 0. The zero-order chi connectivity index (χ0) is 0. The Kier molecular flexibility index (Phi) is 4590. The van der Waals surface area contributed by atoms with Crippen molar-refractivity contribution in [2.45, 2.75) is 0 Å². The average molecular weight is 589 g/mol. The number of hydrogen-bond donors (Lipinski definition) is 0. The fourth-order valence-electron chi connectivity index (χ4n) is 0. The molecule has 0 rings (SSSR count). The fourth-order valence-corrected chi connectivity index (χ4v) is 0. The summed E-state index contributed by atoms with van der Waals surface area (Å²) in [4.78, 5) is 0. The van der Waals surface area contributed by atoms with Crippen molar-refractivity contribution >= 4 is 224 Å². The molecule has 0 radical (unpaired) electrons. The summed E-state index contributed by atoms with van der Waals surface area (Å²) in [5.41, 5.74) is 0. The van der Waals surface area contributed by atoms with Crippen LogP contribution in [-0.2, 0) is 0 Å². The van der Waals surface area contributed by atoms with Crippen LogP contribution in [0.25, 0.3) is 0 Å². The van der Waals surface area contributed by atoms with E-state index >= 15 is 0 Å². The van der Waals surface area contributed by atoms with E-state index in [0.29, 0.717) is 0 Å². The Morgan fingerprint density at radius 1 is 0.125 bits per heavy atom. The monoisotopic (exact) mass is 582 g/mol. The van der Waals surface area contributed by atoms with Gasteiger partial charge in [-0.05, 0) is 0 Å². The molecule has 124 valence electrons. The van der Waals surface area contributed by atoms with Gasteiger partial charge in [0.2, 0.25) is 0 Å². The van der Waals surface area contributed by atoms with Crippen LogP contribution in [0.2, 0.25) is 0 Å². The van der Waals surface area contributed by atoms with E-state index in [1.165, 1.54) is 0 Å². The first kappa shape index (κ1) is 292. The molecular weight excluding hydrogens is 572 g/mol. The normalized spacial score (nSPS) is 0. The third kappa shape index (κ3) is 216. The molecule has 0 spiro atoms. The van der Waals surface area contributed by atoms with Crippen molar-refractivity contribution in [2.24, 2.45) is 0 Å². The molecule has 0 fully saturated rings. The first-order valence-electron chi connectivity index (χ1n) is 0. The second kappa shape index (κ2) is 252. The zero-order valence-electron chi connectivity index (χ0n) is 6.12. The van der Waals surface area contributed by atoms with Crippen molar-refractivity contribution in [2.75, 3.05) is 0 Å². The molecule has 0 aromatic rings. The van der Waals surface area contributed by atoms with Crippen LogP contribution in [0.4, 0.5) is 0 Å². The second-order valence-electron chi connectivity index (χ2n) is 0. The third-order valence-electron chi connectivity index (χ3n) is 0. The molecule has 0 nitrogen and oxygen atoms in total. The molecule has 0 aromatic carbocycles. The molecule has 0 saturated carbocycles. The predicted octanol–water partition coefficient (Wildman–Crippen LogP) is 5.41. The molecule has 16 heteroatoms. The Bertz CT molecular complexity index is 5.40. The van der Waals surface area contributed by atoms with Gasteiger partial charge < -0.3 is 0 Å². The standard InChI is InChI=1S/Ca.15ClH.2H/h;15*1H;;. The van der Waals surface area contributed by atoms with Gasteiger partial charge in [-0.2, -0.15) is 0 Å². The molecule has 0 N–H and O–H groups in total. The van der Waals surface area contributed by atoms with Gasteiger partial charge in [0.25, 0.3) is 0 Å². The van der Waals surface area contributed by atoms with Gasteiger partial charge in [-0.1, -0.05) is 0 Å². The van der Waals surface area contributed by atoms with Crippen LogP contribution >= 0.6 is 186 Å². The van der Waals surface area contributed by atoms with Gasteiger partial charge in [0.15, 0.2) is 0 Å². The zero-order valence-corrected chi connectivity index (χ0v) is 18.4. The van der Waals surface area contributed by atoms with E-state index in [-0.39, 0.29) is 224 Å². The number of rotatable bonds is 0. The summed E-state index contributed by atoms with van der Waals surface area (Å²) in [6.07, 6.45) is 0. The topological polar surface area (TPSA) is 0 Å². The van der Waals surface area contributed by atoms with Gasteiger partial charge in [0, 0.05) is 0 Å². The second-order valence-corrected chi connectivity index (χ2v) is 0. The summed E-state index contributed by atoms with van der Waals surface area (Å²) in [6.45, 7) is 0. The summed E-state index contributed by atoms with van der Waals surface area (Å²) in [6, 6.07) is 0. The molecule has 0 unspecified atom stereocenters. The first-order valence-corrected chi connectivity index (χ1v) is 0. The Balaban J connectivity index is 0. The quantitative estimate of drug-likeness (QED) is 0.332. The SMILES string of the molecule is Cl.Cl.Cl.Cl.Cl.Cl.Cl.Cl.Cl.Cl.Cl.Cl.Cl.Cl.Cl.[CaH2]. The maximum absolute atomic E-state index is 0. The molecular formula is H17CaCl15. The third-order valence-corrected chi connectivity index (χ3v) is 0. The van der Waals surface area contributed by atoms with E-state index in [1.54, 1.807) is 0 Å². The summed E-state index contributed by atoms with van der Waals surface area (Å²) in [5.74, 6) is 0. The van der Waals surface area contributed by atoms with Crippen LogP contribution in [0.5, 0.6) is 0 Å². The van der Waals surface area contributed by atoms with Gasteiger partial charge >= 0.3 is 37.7 Å². The van der Waals surface area contributed by atoms with Crippen LogP contribution < -0.4 is 0 Å². The van der Waals surface area contributed by atoms with Gasteiger partial charge in [0.1, 0.15) is 0 Å². The van der Waals surface area contributed by atoms with Crippen LogP contribution in [-0.4, -0.2) is 37.7 Å². The molecule has 0 heterocycles. The molecule has 0 aliphatic heterocycles.